The van der Waals surface area contributed by atoms with Crippen molar-refractivity contribution in [3.05, 3.63) is 40.7 Å². The Morgan fingerprint density at radius 2 is 2.13 bits per heavy atom. The maximum atomic E-state index is 13.2. The van der Waals surface area contributed by atoms with E-state index >= 15 is 0 Å². The number of amides is 1. The van der Waals surface area contributed by atoms with Gasteiger partial charge in [-0.25, -0.2) is 13.8 Å². The fourth-order valence-electron chi connectivity index (χ4n) is 1.63. The number of rotatable bonds is 5. The molecule has 2 heterocycles. The summed E-state index contributed by atoms with van der Waals surface area (Å²) in [6, 6.07) is 3.55. The molecule has 1 aromatic carbocycles. The number of nitrogens with zero attached hydrogens (tertiary/aromatic N) is 3. The third-order valence-corrected chi connectivity index (χ3v) is 5.25. The maximum Gasteiger partial charge on any atom is 0.236 e. The van der Waals surface area contributed by atoms with Gasteiger partial charge in [-0.3, -0.25) is 4.79 Å². The number of anilines is 1. The van der Waals surface area contributed by atoms with Gasteiger partial charge in [0.25, 0.3) is 0 Å². The summed E-state index contributed by atoms with van der Waals surface area (Å²) in [4.78, 5) is 16.0. The van der Waals surface area contributed by atoms with E-state index in [4.69, 9.17) is 0 Å². The smallest absolute Gasteiger partial charge is 0.236 e. The molecule has 3 rings (SSSR count). The minimum Gasteiger partial charge on any atom is -0.301 e. The van der Waals surface area contributed by atoms with Crippen molar-refractivity contribution in [1.29, 1.82) is 0 Å². The molecule has 1 amide bonds. The first-order valence-electron chi connectivity index (χ1n) is 6.21. The molecule has 2 aromatic heterocycles. The van der Waals surface area contributed by atoms with Crippen molar-refractivity contribution in [2.75, 3.05) is 11.1 Å². The van der Waals surface area contributed by atoms with Crippen LogP contribution in [0.2, 0.25) is 0 Å². The molecule has 23 heavy (non-hydrogen) atoms. The zero-order valence-corrected chi connectivity index (χ0v) is 13.8. The summed E-state index contributed by atoms with van der Waals surface area (Å²) in [5.41, 5.74) is 2.51. The van der Waals surface area contributed by atoms with Crippen LogP contribution in [0.15, 0.2) is 33.4 Å². The molecule has 1 N–H and O–H groups in total. The standard InChI is InChI=1S/C13H8F2N4OS3/c14-8-2-1-7(3-9(8)15)10-4-21-12(17-10)18-11(20)5-22-13-19-16-6-23-13/h1-4,6H,5H2,(H,17,18,20). The highest BCUT2D eigenvalue weighted by atomic mass is 32.2. The molecule has 0 atom stereocenters. The lowest BCUT2D eigenvalue weighted by atomic mass is 10.2. The summed E-state index contributed by atoms with van der Waals surface area (Å²) in [5, 5.41) is 12.2. The zero-order valence-electron chi connectivity index (χ0n) is 11.3. The number of benzene rings is 1. The summed E-state index contributed by atoms with van der Waals surface area (Å²) in [6.45, 7) is 0. The van der Waals surface area contributed by atoms with Crippen LogP contribution in [0.4, 0.5) is 13.9 Å². The Hall–Kier alpha value is -1.91. The summed E-state index contributed by atoms with van der Waals surface area (Å²) in [6.07, 6.45) is 0. The molecule has 0 aliphatic heterocycles. The number of aromatic nitrogens is 3. The molecule has 118 valence electrons. The van der Waals surface area contributed by atoms with Crippen molar-refractivity contribution in [2.45, 2.75) is 4.34 Å². The van der Waals surface area contributed by atoms with Crippen LogP contribution in [0.25, 0.3) is 11.3 Å². The van der Waals surface area contributed by atoms with Crippen molar-refractivity contribution in [2.24, 2.45) is 0 Å². The van der Waals surface area contributed by atoms with Gasteiger partial charge in [0.05, 0.1) is 11.4 Å². The third-order valence-electron chi connectivity index (χ3n) is 2.63. The number of thioether (sulfide) groups is 1. The van der Waals surface area contributed by atoms with Crippen molar-refractivity contribution in [3.63, 3.8) is 0 Å². The summed E-state index contributed by atoms with van der Waals surface area (Å²) in [7, 11) is 0. The highest BCUT2D eigenvalue weighted by molar-refractivity contribution is 8.01. The van der Waals surface area contributed by atoms with E-state index in [0.29, 0.717) is 20.7 Å². The van der Waals surface area contributed by atoms with E-state index in [2.05, 4.69) is 20.5 Å². The average molecular weight is 370 g/mol. The van der Waals surface area contributed by atoms with Crippen LogP contribution in [-0.2, 0) is 4.79 Å². The lowest BCUT2D eigenvalue weighted by Crippen LogP contribution is -2.13. The molecule has 0 fully saturated rings. The summed E-state index contributed by atoms with van der Waals surface area (Å²) < 4.78 is 26.9. The second kappa shape index (κ2) is 7.11. The number of halogens is 2. The first-order chi connectivity index (χ1) is 11.1. The second-order valence-electron chi connectivity index (χ2n) is 4.21. The van der Waals surface area contributed by atoms with Crippen LogP contribution in [0.3, 0.4) is 0 Å². The Morgan fingerprint density at radius 1 is 1.26 bits per heavy atom. The molecule has 5 nitrogen and oxygen atoms in total. The molecular weight excluding hydrogens is 362 g/mol. The van der Waals surface area contributed by atoms with Crippen LogP contribution >= 0.6 is 34.4 Å². The molecule has 0 aliphatic rings. The van der Waals surface area contributed by atoms with Crippen LogP contribution in [0.1, 0.15) is 0 Å². The highest BCUT2D eigenvalue weighted by Gasteiger charge is 2.11. The quantitative estimate of drug-likeness (QED) is 0.694. The van der Waals surface area contributed by atoms with Gasteiger partial charge in [-0.15, -0.1) is 21.5 Å². The summed E-state index contributed by atoms with van der Waals surface area (Å²) >= 11 is 3.85. The van der Waals surface area contributed by atoms with E-state index in [9.17, 15) is 13.6 Å². The maximum absolute atomic E-state index is 13.2. The van der Waals surface area contributed by atoms with Gasteiger partial charge in [0.2, 0.25) is 5.91 Å². The Bertz CT molecular complexity index is 823. The zero-order chi connectivity index (χ0) is 16.2. The molecule has 0 saturated carbocycles. The Balaban J connectivity index is 1.62. The minimum atomic E-state index is -0.936. The molecule has 0 spiro atoms. The van der Waals surface area contributed by atoms with E-state index in [1.165, 1.54) is 40.5 Å². The first kappa shape index (κ1) is 16.0. The number of nitrogens with one attached hydrogen (secondary N) is 1. The predicted octanol–water partition coefficient (Wildman–Crippen LogP) is 3.67. The van der Waals surface area contributed by atoms with Crippen molar-refractivity contribution < 1.29 is 13.6 Å². The fourth-order valence-corrected chi connectivity index (χ4v) is 3.65. The van der Waals surface area contributed by atoms with Gasteiger partial charge in [0.15, 0.2) is 21.1 Å². The number of thiazole rings is 1. The van der Waals surface area contributed by atoms with Gasteiger partial charge in [-0.1, -0.05) is 23.1 Å². The lowest BCUT2D eigenvalue weighted by Gasteiger charge is -2.00. The number of hydrogen-bond acceptors (Lipinski definition) is 7. The minimum absolute atomic E-state index is 0.190. The summed E-state index contributed by atoms with van der Waals surface area (Å²) in [5.74, 6) is -1.88. The van der Waals surface area contributed by atoms with Crippen LogP contribution in [0.5, 0.6) is 0 Å². The Kier molecular flexibility index (Phi) is 4.94. The average Bonchev–Trinajstić information content (AvgIpc) is 3.19. The van der Waals surface area contributed by atoms with E-state index in [-0.39, 0.29) is 11.7 Å². The van der Waals surface area contributed by atoms with E-state index in [1.807, 2.05) is 0 Å². The topological polar surface area (TPSA) is 67.8 Å². The molecule has 0 aliphatic carbocycles. The van der Waals surface area contributed by atoms with E-state index in [0.717, 1.165) is 12.1 Å². The van der Waals surface area contributed by atoms with Gasteiger partial charge >= 0.3 is 0 Å². The van der Waals surface area contributed by atoms with Crippen LogP contribution < -0.4 is 5.32 Å². The van der Waals surface area contributed by atoms with Gasteiger partial charge < -0.3 is 5.32 Å². The second-order valence-corrected chi connectivity index (χ2v) is 7.12. The van der Waals surface area contributed by atoms with Gasteiger partial charge in [0.1, 0.15) is 5.51 Å². The molecule has 0 bridgehead atoms. The van der Waals surface area contributed by atoms with Gasteiger partial charge in [-0.05, 0) is 18.2 Å². The molecule has 0 unspecified atom stereocenters. The number of hydrogen-bond donors (Lipinski definition) is 1. The molecule has 0 saturated heterocycles. The predicted molar refractivity (Wildman–Crippen MR) is 86.7 cm³/mol. The van der Waals surface area contributed by atoms with Gasteiger partial charge in [-0.2, -0.15) is 0 Å². The largest absolute Gasteiger partial charge is 0.301 e. The van der Waals surface area contributed by atoms with Gasteiger partial charge in [0, 0.05) is 10.9 Å². The SMILES string of the molecule is O=C(CSc1nncs1)Nc1nc(-c2ccc(F)c(F)c2)cs1. The van der Waals surface area contributed by atoms with Crippen molar-refractivity contribution >= 4 is 45.5 Å². The lowest BCUT2D eigenvalue weighted by molar-refractivity contribution is -0.113. The normalized spacial score (nSPS) is 10.7. The van der Waals surface area contributed by atoms with Crippen LogP contribution in [-0.4, -0.2) is 26.8 Å². The molecular formula is C13H8F2N4OS3. The Morgan fingerprint density at radius 3 is 2.87 bits per heavy atom. The van der Waals surface area contributed by atoms with Crippen molar-refractivity contribution in [3.8, 4) is 11.3 Å². The first-order valence-corrected chi connectivity index (χ1v) is 8.96. The molecule has 3 aromatic rings. The fraction of sp³-hybridized carbons (Fsp3) is 0.0769. The Labute approximate surface area is 141 Å². The number of carbonyl (C=O) groups excluding carboxylic acids is 1. The number of carbonyl (C=O) groups is 1. The van der Waals surface area contributed by atoms with Crippen LogP contribution in [0, 0.1) is 11.6 Å². The molecule has 10 heteroatoms. The van der Waals surface area contributed by atoms with Crippen molar-refractivity contribution in [1.82, 2.24) is 15.2 Å². The highest BCUT2D eigenvalue weighted by Crippen LogP contribution is 2.26. The van der Waals surface area contributed by atoms with E-state index in [1.54, 1.807) is 10.9 Å². The van der Waals surface area contributed by atoms with E-state index < -0.39 is 11.6 Å². The molecule has 0 radical (unpaired) electrons. The third kappa shape index (κ3) is 4.09. The monoisotopic (exact) mass is 370 g/mol.